The van der Waals surface area contributed by atoms with Crippen molar-refractivity contribution in [2.75, 3.05) is 27.1 Å². The standard InChI is InChI=1S/C18H22N2O4.ClH/c1-11-5-6-13(19)8-14(11)18(21)20-10-12-7-16(23-3)17(24-4)9-15(12)22-2;/h5-9H,10,19H2,1-4H3,(H,20,21);1H. The highest BCUT2D eigenvalue weighted by Gasteiger charge is 2.14. The molecule has 0 atom stereocenters. The molecule has 3 N–H and O–H groups in total. The molecule has 0 spiro atoms. The summed E-state index contributed by atoms with van der Waals surface area (Å²) in [5, 5.41) is 2.88. The Hall–Kier alpha value is -2.60. The van der Waals surface area contributed by atoms with E-state index in [1.165, 1.54) is 0 Å². The normalized spacial score (nSPS) is 9.76. The zero-order valence-corrected chi connectivity index (χ0v) is 15.5. The molecule has 0 aromatic heterocycles. The third kappa shape index (κ3) is 4.70. The lowest BCUT2D eigenvalue weighted by Gasteiger charge is -2.15. The van der Waals surface area contributed by atoms with E-state index in [9.17, 15) is 4.79 Å². The number of hydrogen-bond acceptors (Lipinski definition) is 5. The van der Waals surface area contributed by atoms with Crippen LogP contribution in [0.4, 0.5) is 5.69 Å². The van der Waals surface area contributed by atoms with Gasteiger partial charge in [0.2, 0.25) is 0 Å². The highest BCUT2D eigenvalue weighted by molar-refractivity contribution is 5.96. The molecule has 2 aromatic rings. The number of benzene rings is 2. The van der Waals surface area contributed by atoms with Crippen molar-refractivity contribution in [3.63, 3.8) is 0 Å². The molecule has 0 aliphatic heterocycles. The molecule has 0 heterocycles. The van der Waals surface area contributed by atoms with Crippen LogP contribution in [0.1, 0.15) is 21.5 Å². The number of anilines is 1. The predicted octanol–water partition coefficient (Wildman–Crippen LogP) is 2.95. The molecule has 136 valence electrons. The van der Waals surface area contributed by atoms with Crippen molar-refractivity contribution in [1.29, 1.82) is 0 Å². The van der Waals surface area contributed by atoms with E-state index in [1.807, 2.05) is 13.0 Å². The first kappa shape index (κ1) is 20.4. The minimum Gasteiger partial charge on any atom is -0.496 e. The fourth-order valence-corrected chi connectivity index (χ4v) is 2.39. The molecule has 0 unspecified atom stereocenters. The van der Waals surface area contributed by atoms with Gasteiger partial charge in [-0.1, -0.05) is 6.07 Å². The maximum absolute atomic E-state index is 12.4. The van der Waals surface area contributed by atoms with E-state index >= 15 is 0 Å². The van der Waals surface area contributed by atoms with Crippen LogP contribution in [0.3, 0.4) is 0 Å². The monoisotopic (exact) mass is 366 g/mol. The minimum absolute atomic E-state index is 0. The molecule has 0 aliphatic carbocycles. The second-order valence-corrected chi connectivity index (χ2v) is 5.28. The van der Waals surface area contributed by atoms with Crippen LogP contribution in [0.25, 0.3) is 0 Å². The molecule has 7 heteroatoms. The number of ether oxygens (including phenoxy) is 3. The Morgan fingerprint density at radius 2 is 1.60 bits per heavy atom. The number of carbonyl (C=O) groups excluding carboxylic acids is 1. The Morgan fingerprint density at radius 3 is 2.20 bits per heavy atom. The average molecular weight is 367 g/mol. The number of carbonyl (C=O) groups is 1. The largest absolute Gasteiger partial charge is 0.496 e. The van der Waals surface area contributed by atoms with Gasteiger partial charge < -0.3 is 25.3 Å². The highest BCUT2D eigenvalue weighted by atomic mass is 35.5. The topological polar surface area (TPSA) is 82.8 Å². The molecule has 0 aliphatic rings. The van der Waals surface area contributed by atoms with Crippen LogP contribution in [0.5, 0.6) is 17.2 Å². The molecule has 0 saturated carbocycles. The summed E-state index contributed by atoms with van der Waals surface area (Å²) in [6.45, 7) is 2.15. The third-order valence-electron chi connectivity index (χ3n) is 3.73. The van der Waals surface area contributed by atoms with Crippen molar-refractivity contribution < 1.29 is 19.0 Å². The zero-order valence-electron chi connectivity index (χ0n) is 14.7. The molecule has 1 amide bonds. The summed E-state index contributed by atoms with van der Waals surface area (Å²) < 4.78 is 15.9. The molecule has 0 saturated heterocycles. The Labute approximate surface area is 153 Å². The van der Waals surface area contributed by atoms with Gasteiger partial charge in [0, 0.05) is 29.4 Å². The molecule has 2 rings (SSSR count). The van der Waals surface area contributed by atoms with Crippen LogP contribution >= 0.6 is 12.4 Å². The van der Waals surface area contributed by atoms with E-state index in [0.717, 1.165) is 11.1 Å². The van der Waals surface area contributed by atoms with Gasteiger partial charge in [-0.05, 0) is 30.7 Å². The summed E-state index contributed by atoms with van der Waals surface area (Å²) in [5.41, 5.74) is 8.50. The van der Waals surface area contributed by atoms with E-state index < -0.39 is 0 Å². The molecule has 25 heavy (non-hydrogen) atoms. The van der Waals surface area contributed by atoms with Gasteiger partial charge in [-0.15, -0.1) is 12.4 Å². The number of rotatable bonds is 6. The van der Waals surface area contributed by atoms with Gasteiger partial charge in [0.25, 0.3) is 5.91 Å². The van der Waals surface area contributed by atoms with Crippen LogP contribution < -0.4 is 25.3 Å². The average Bonchev–Trinajstić information content (AvgIpc) is 2.60. The lowest BCUT2D eigenvalue weighted by molar-refractivity contribution is 0.0950. The number of aryl methyl sites for hydroxylation is 1. The summed E-state index contributed by atoms with van der Waals surface area (Å²) in [5.74, 6) is 1.55. The Morgan fingerprint density at radius 1 is 1.00 bits per heavy atom. The van der Waals surface area contributed by atoms with Crippen molar-refractivity contribution in [1.82, 2.24) is 5.32 Å². The molecule has 6 nitrogen and oxygen atoms in total. The first-order chi connectivity index (χ1) is 11.5. The van der Waals surface area contributed by atoms with Crippen LogP contribution in [0, 0.1) is 6.92 Å². The van der Waals surface area contributed by atoms with Crippen LogP contribution in [0.15, 0.2) is 30.3 Å². The maximum Gasteiger partial charge on any atom is 0.251 e. The molecule has 2 aromatic carbocycles. The maximum atomic E-state index is 12.4. The quantitative estimate of drug-likeness (QED) is 0.768. The number of halogens is 1. The van der Waals surface area contributed by atoms with E-state index in [0.29, 0.717) is 28.5 Å². The van der Waals surface area contributed by atoms with Crippen molar-refractivity contribution >= 4 is 24.0 Å². The predicted molar refractivity (Wildman–Crippen MR) is 100 cm³/mol. The summed E-state index contributed by atoms with van der Waals surface area (Å²) in [7, 11) is 4.68. The molecule has 0 radical (unpaired) electrons. The number of amides is 1. The smallest absolute Gasteiger partial charge is 0.251 e. The van der Waals surface area contributed by atoms with Crippen molar-refractivity contribution in [3.8, 4) is 17.2 Å². The molecule has 0 fully saturated rings. The Balaban J connectivity index is 0.00000312. The lowest BCUT2D eigenvalue weighted by atomic mass is 10.1. The number of nitrogens with one attached hydrogen (secondary N) is 1. The fourth-order valence-electron chi connectivity index (χ4n) is 2.39. The lowest BCUT2D eigenvalue weighted by Crippen LogP contribution is -2.24. The Kier molecular flexibility index (Phi) is 7.39. The van der Waals surface area contributed by atoms with Gasteiger partial charge in [-0.3, -0.25) is 4.79 Å². The van der Waals surface area contributed by atoms with Gasteiger partial charge >= 0.3 is 0 Å². The summed E-state index contributed by atoms with van der Waals surface area (Å²) in [6.07, 6.45) is 0. The number of nitrogen functional groups attached to an aromatic ring is 1. The molecular weight excluding hydrogens is 344 g/mol. The highest BCUT2D eigenvalue weighted by Crippen LogP contribution is 2.34. The number of methoxy groups -OCH3 is 3. The molecular formula is C18H23ClN2O4. The third-order valence-corrected chi connectivity index (χ3v) is 3.73. The van der Waals surface area contributed by atoms with Crippen LogP contribution in [-0.2, 0) is 6.54 Å². The SMILES string of the molecule is COc1cc(OC)c(OC)cc1CNC(=O)c1cc(N)ccc1C.Cl. The van der Waals surface area contributed by atoms with Gasteiger partial charge in [0.1, 0.15) is 5.75 Å². The first-order valence-corrected chi connectivity index (χ1v) is 7.43. The second kappa shape index (κ2) is 9.03. The second-order valence-electron chi connectivity index (χ2n) is 5.28. The van der Waals surface area contributed by atoms with Crippen molar-refractivity contribution in [2.45, 2.75) is 13.5 Å². The summed E-state index contributed by atoms with van der Waals surface area (Å²) >= 11 is 0. The van der Waals surface area contributed by atoms with E-state index in [2.05, 4.69) is 5.32 Å². The molecule has 0 bridgehead atoms. The number of hydrogen-bond donors (Lipinski definition) is 2. The zero-order chi connectivity index (χ0) is 17.7. The van der Waals surface area contributed by atoms with E-state index in [4.69, 9.17) is 19.9 Å². The van der Waals surface area contributed by atoms with Gasteiger partial charge in [-0.25, -0.2) is 0 Å². The van der Waals surface area contributed by atoms with Crippen LogP contribution in [-0.4, -0.2) is 27.2 Å². The summed E-state index contributed by atoms with van der Waals surface area (Å²) in [6, 6.07) is 8.76. The Bertz CT molecular complexity index is 750. The van der Waals surface area contributed by atoms with Gasteiger partial charge in [-0.2, -0.15) is 0 Å². The van der Waals surface area contributed by atoms with E-state index in [-0.39, 0.29) is 24.9 Å². The van der Waals surface area contributed by atoms with Crippen LogP contribution in [0.2, 0.25) is 0 Å². The summed E-state index contributed by atoms with van der Waals surface area (Å²) in [4.78, 5) is 12.4. The van der Waals surface area contributed by atoms with Gasteiger partial charge in [0.05, 0.1) is 21.3 Å². The van der Waals surface area contributed by atoms with Gasteiger partial charge in [0.15, 0.2) is 11.5 Å². The van der Waals surface area contributed by atoms with Crippen molar-refractivity contribution in [2.24, 2.45) is 0 Å². The van der Waals surface area contributed by atoms with E-state index in [1.54, 1.807) is 45.6 Å². The first-order valence-electron chi connectivity index (χ1n) is 7.43. The fraction of sp³-hybridized carbons (Fsp3) is 0.278. The van der Waals surface area contributed by atoms with Crippen molar-refractivity contribution in [3.05, 3.63) is 47.0 Å². The number of nitrogens with two attached hydrogens (primary N) is 1. The minimum atomic E-state index is -0.198.